The summed E-state index contributed by atoms with van der Waals surface area (Å²) in [7, 11) is 0. The molecule has 0 saturated carbocycles. The Morgan fingerprint density at radius 1 is 1.35 bits per heavy atom. The van der Waals surface area contributed by atoms with Crippen LogP contribution in [0.3, 0.4) is 0 Å². The third-order valence-electron chi connectivity index (χ3n) is 3.00. The van der Waals surface area contributed by atoms with Crippen molar-refractivity contribution < 1.29 is 4.39 Å². The highest BCUT2D eigenvalue weighted by molar-refractivity contribution is 8.00. The molecule has 2 unspecified atom stereocenters. The summed E-state index contributed by atoms with van der Waals surface area (Å²) in [6, 6.07) is 5.25. The summed E-state index contributed by atoms with van der Waals surface area (Å²) in [5.41, 5.74) is 6.53. The van der Waals surface area contributed by atoms with Crippen LogP contribution in [-0.4, -0.2) is 28.5 Å². The number of nitrogen functional groups attached to an aromatic ring is 1. The quantitative estimate of drug-likeness (QED) is 0.823. The van der Waals surface area contributed by atoms with E-state index in [2.05, 4.69) is 18.7 Å². The van der Waals surface area contributed by atoms with Crippen LogP contribution < -0.4 is 5.73 Å². The molecular weight excluding hydrogens is 235 g/mol. The first kappa shape index (κ1) is 12.7. The van der Waals surface area contributed by atoms with E-state index in [0.717, 1.165) is 13.1 Å². The van der Waals surface area contributed by atoms with Gasteiger partial charge < -0.3 is 5.73 Å². The largest absolute Gasteiger partial charge is 0.396 e. The van der Waals surface area contributed by atoms with Crippen LogP contribution in [0.5, 0.6) is 0 Å². The Labute approximate surface area is 106 Å². The number of halogens is 1. The van der Waals surface area contributed by atoms with Gasteiger partial charge in [-0.3, -0.25) is 4.90 Å². The van der Waals surface area contributed by atoms with Gasteiger partial charge in [-0.15, -0.1) is 0 Å². The normalized spacial score (nSPS) is 26.1. The molecule has 1 aliphatic rings. The predicted octanol–water partition coefficient (Wildman–Crippen LogP) is 2.73. The maximum atomic E-state index is 13.8. The summed E-state index contributed by atoms with van der Waals surface area (Å²) in [5.74, 6) is -0.258. The standard InChI is InChI=1S/C13H19FN2S/c1-9-6-16(7-10(2)17-9)8-11-4-3-5-12(15)13(11)14/h3-5,9-10H,6-8,15H2,1-2H3. The third kappa shape index (κ3) is 3.13. The molecule has 1 aromatic rings. The van der Waals surface area contributed by atoms with Crippen molar-refractivity contribution >= 4 is 17.4 Å². The molecule has 1 fully saturated rings. The average Bonchev–Trinajstić information content (AvgIpc) is 2.23. The molecule has 0 amide bonds. The van der Waals surface area contributed by atoms with Gasteiger partial charge in [0.15, 0.2) is 5.82 Å². The maximum absolute atomic E-state index is 13.8. The lowest BCUT2D eigenvalue weighted by Gasteiger charge is -2.34. The Morgan fingerprint density at radius 2 is 2.00 bits per heavy atom. The van der Waals surface area contributed by atoms with Crippen molar-refractivity contribution in [2.45, 2.75) is 30.9 Å². The highest BCUT2D eigenvalue weighted by Gasteiger charge is 2.23. The molecular formula is C13H19FN2S. The minimum atomic E-state index is -0.258. The van der Waals surface area contributed by atoms with Crippen LogP contribution >= 0.6 is 11.8 Å². The summed E-state index contributed by atoms with van der Waals surface area (Å²) in [4.78, 5) is 2.31. The zero-order valence-corrected chi connectivity index (χ0v) is 11.1. The van der Waals surface area contributed by atoms with E-state index in [1.165, 1.54) is 0 Å². The molecule has 0 spiro atoms. The lowest BCUT2D eigenvalue weighted by molar-refractivity contribution is 0.259. The molecule has 2 atom stereocenters. The molecule has 0 radical (unpaired) electrons. The molecule has 17 heavy (non-hydrogen) atoms. The van der Waals surface area contributed by atoms with Gasteiger partial charge in [0.25, 0.3) is 0 Å². The minimum absolute atomic E-state index is 0.245. The number of hydrogen-bond acceptors (Lipinski definition) is 3. The molecule has 2 N–H and O–H groups in total. The van der Waals surface area contributed by atoms with Crippen molar-refractivity contribution in [1.29, 1.82) is 0 Å². The van der Waals surface area contributed by atoms with Gasteiger partial charge in [0, 0.05) is 35.7 Å². The third-order valence-corrected chi connectivity index (χ3v) is 4.23. The summed E-state index contributed by atoms with van der Waals surface area (Å²) in [6.07, 6.45) is 0. The highest BCUT2D eigenvalue weighted by atomic mass is 32.2. The Kier molecular flexibility index (Phi) is 3.94. The molecule has 1 aromatic carbocycles. The van der Waals surface area contributed by atoms with E-state index in [4.69, 9.17) is 5.73 Å². The first-order chi connectivity index (χ1) is 8.06. The summed E-state index contributed by atoms with van der Waals surface area (Å²) in [6.45, 7) is 7.14. The van der Waals surface area contributed by atoms with Gasteiger partial charge in [-0.25, -0.2) is 4.39 Å². The summed E-state index contributed by atoms with van der Waals surface area (Å²) in [5, 5.41) is 1.23. The fourth-order valence-corrected chi connectivity index (χ4v) is 3.76. The SMILES string of the molecule is CC1CN(Cc2cccc(N)c2F)CC(C)S1. The fraction of sp³-hybridized carbons (Fsp3) is 0.538. The molecule has 1 saturated heterocycles. The molecule has 0 aliphatic carbocycles. The van der Waals surface area contributed by atoms with Crippen molar-refractivity contribution in [3.05, 3.63) is 29.6 Å². The molecule has 1 aliphatic heterocycles. The van der Waals surface area contributed by atoms with Gasteiger partial charge >= 0.3 is 0 Å². The predicted molar refractivity (Wildman–Crippen MR) is 72.6 cm³/mol. The summed E-state index contributed by atoms with van der Waals surface area (Å²) < 4.78 is 13.8. The van der Waals surface area contributed by atoms with Crippen LogP contribution in [0.4, 0.5) is 10.1 Å². The molecule has 4 heteroatoms. The fourth-order valence-electron chi connectivity index (χ4n) is 2.38. The van der Waals surface area contributed by atoms with Crippen molar-refractivity contribution in [3.63, 3.8) is 0 Å². The van der Waals surface area contributed by atoms with Crippen LogP contribution in [0.1, 0.15) is 19.4 Å². The molecule has 2 nitrogen and oxygen atoms in total. The monoisotopic (exact) mass is 254 g/mol. The highest BCUT2D eigenvalue weighted by Crippen LogP contribution is 2.26. The van der Waals surface area contributed by atoms with Crippen molar-refractivity contribution in [2.75, 3.05) is 18.8 Å². The van der Waals surface area contributed by atoms with Crippen LogP contribution in [0, 0.1) is 5.82 Å². The first-order valence-electron chi connectivity index (χ1n) is 5.97. The number of hydrogen-bond donors (Lipinski definition) is 1. The van der Waals surface area contributed by atoms with E-state index in [1.807, 2.05) is 23.9 Å². The van der Waals surface area contributed by atoms with Gasteiger partial charge in [0.05, 0.1) is 5.69 Å². The number of benzene rings is 1. The Bertz CT molecular complexity index is 387. The van der Waals surface area contributed by atoms with E-state index in [9.17, 15) is 4.39 Å². The zero-order chi connectivity index (χ0) is 12.4. The zero-order valence-electron chi connectivity index (χ0n) is 10.3. The van der Waals surface area contributed by atoms with Gasteiger partial charge in [0.1, 0.15) is 0 Å². The van der Waals surface area contributed by atoms with Crippen molar-refractivity contribution in [2.24, 2.45) is 0 Å². The number of nitrogens with two attached hydrogens (primary N) is 1. The number of thioether (sulfide) groups is 1. The van der Waals surface area contributed by atoms with E-state index in [0.29, 0.717) is 22.6 Å². The van der Waals surface area contributed by atoms with Gasteiger partial charge in [-0.05, 0) is 6.07 Å². The molecule has 94 valence electrons. The Balaban J connectivity index is 2.07. The second-order valence-electron chi connectivity index (χ2n) is 4.77. The average molecular weight is 254 g/mol. The molecule has 1 heterocycles. The molecule has 0 aromatic heterocycles. The maximum Gasteiger partial charge on any atom is 0.150 e. The lowest BCUT2D eigenvalue weighted by atomic mass is 10.1. The van der Waals surface area contributed by atoms with E-state index >= 15 is 0 Å². The molecule has 0 bridgehead atoms. The van der Waals surface area contributed by atoms with Gasteiger partial charge in [0.2, 0.25) is 0 Å². The Morgan fingerprint density at radius 3 is 2.65 bits per heavy atom. The van der Waals surface area contributed by atoms with Crippen LogP contribution in [0.2, 0.25) is 0 Å². The number of anilines is 1. The van der Waals surface area contributed by atoms with Crippen LogP contribution in [-0.2, 0) is 6.54 Å². The van der Waals surface area contributed by atoms with Gasteiger partial charge in [-0.2, -0.15) is 11.8 Å². The smallest absolute Gasteiger partial charge is 0.150 e. The first-order valence-corrected chi connectivity index (χ1v) is 6.91. The number of nitrogens with zero attached hydrogens (tertiary/aromatic N) is 1. The lowest BCUT2D eigenvalue weighted by Crippen LogP contribution is -2.39. The summed E-state index contributed by atoms with van der Waals surface area (Å²) >= 11 is 2.00. The van der Waals surface area contributed by atoms with Crippen molar-refractivity contribution in [3.8, 4) is 0 Å². The number of rotatable bonds is 2. The second kappa shape index (κ2) is 5.27. The van der Waals surface area contributed by atoms with E-state index in [1.54, 1.807) is 6.07 Å². The van der Waals surface area contributed by atoms with E-state index < -0.39 is 0 Å². The second-order valence-corrected chi connectivity index (χ2v) is 6.65. The van der Waals surface area contributed by atoms with Crippen molar-refractivity contribution in [1.82, 2.24) is 4.90 Å². The Hall–Kier alpha value is -0.740. The van der Waals surface area contributed by atoms with E-state index in [-0.39, 0.29) is 11.5 Å². The topological polar surface area (TPSA) is 29.3 Å². The van der Waals surface area contributed by atoms with Crippen LogP contribution in [0.25, 0.3) is 0 Å². The van der Waals surface area contributed by atoms with Gasteiger partial charge in [-0.1, -0.05) is 26.0 Å². The molecule has 2 rings (SSSR count). The van der Waals surface area contributed by atoms with Crippen LogP contribution in [0.15, 0.2) is 18.2 Å². The minimum Gasteiger partial charge on any atom is -0.396 e.